The van der Waals surface area contributed by atoms with Crippen LogP contribution >= 0.6 is 23.5 Å². The van der Waals surface area contributed by atoms with Gasteiger partial charge in [0.1, 0.15) is 11.2 Å². The number of nitrogens with zero attached hydrogens (tertiary/aromatic N) is 4. The van der Waals surface area contributed by atoms with E-state index in [1.54, 1.807) is 0 Å². The van der Waals surface area contributed by atoms with Crippen molar-refractivity contribution in [1.82, 2.24) is 0 Å². The van der Waals surface area contributed by atoms with Gasteiger partial charge in [-0.3, -0.25) is 0 Å². The predicted octanol–water partition coefficient (Wildman–Crippen LogP) is 17.7. The Hall–Kier alpha value is -10.3. The van der Waals surface area contributed by atoms with E-state index >= 15 is 0 Å². The van der Waals surface area contributed by atoms with Gasteiger partial charge in [0.2, 0.25) is 6.71 Å². The summed E-state index contributed by atoms with van der Waals surface area (Å²) in [6, 6.07) is 112. The molecule has 0 atom stereocenters. The zero-order chi connectivity index (χ0) is 57.1. The average Bonchev–Trinajstić information content (AvgIpc) is 1.22. The zero-order valence-electron chi connectivity index (χ0n) is 47.0. The summed E-state index contributed by atoms with van der Waals surface area (Å²) in [5.74, 6) is 0. The Labute approximate surface area is 514 Å². The van der Waals surface area contributed by atoms with Crippen molar-refractivity contribution in [2.45, 2.75) is 19.6 Å². The monoisotopic (exact) mass is 1140 g/mol. The molecule has 1 aromatic heterocycles. The number of para-hydroxylation sites is 9. The highest BCUT2D eigenvalue weighted by Crippen LogP contribution is 2.52. The lowest BCUT2D eigenvalue weighted by Gasteiger charge is -2.46. The fourth-order valence-electron chi connectivity index (χ4n) is 14.3. The molecule has 87 heavy (non-hydrogen) atoms. The number of hydrogen-bond acceptors (Lipinski definition) is 7. The minimum Gasteiger partial charge on any atom is -0.455 e. The molecule has 13 aromatic carbocycles. The van der Waals surface area contributed by atoms with Crippen molar-refractivity contribution >= 4 is 160 Å². The van der Waals surface area contributed by atoms with Crippen LogP contribution in [-0.2, 0) is 0 Å². The Morgan fingerprint density at radius 3 is 1.45 bits per heavy atom. The number of hydrogen-bond donors (Lipinski definition) is 0. The Balaban J connectivity index is 0.943. The summed E-state index contributed by atoms with van der Waals surface area (Å²) < 4.78 is 6.95. The second-order valence-corrected chi connectivity index (χ2v) is 24.9. The molecule has 0 bridgehead atoms. The summed E-state index contributed by atoms with van der Waals surface area (Å²) in [5, 5.41) is 2.20. The first kappa shape index (κ1) is 50.1. The molecule has 0 spiro atoms. The van der Waals surface area contributed by atoms with Crippen LogP contribution in [-0.4, -0.2) is 13.4 Å². The summed E-state index contributed by atoms with van der Waals surface area (Å²) in [7, 11) is 0. The summed E-state index contributed by atoms with van der Waals surface area (Å²) >= 11 is 3.82. The first-order valence-corrected chi connectivity index (χ1v) is 31.3. The molecular weight excluding hydrogens is 1090 g/mol. The van der Waals surface area contributed by atoms with Gasteiger partial charge in [0, 0.05) is 98.4 Å². The molecule has 0 radical (unpaired) electrons. The molecule has 0 amide bonds. The topological polar surface area (TPSA) is 26.1 Å². The maximum Gasteiger partial charge on any atom is 0.252 e. The quantitative estimate of drug-likeness (QED) is 0.133. The van der Waals surface area contributed by atoms with Crippen LogP contribution in [0.5, 0.6) is 0 Å². The second-order valence-electron chi connectivity index (χ2n) is 22.7. The van der Waals surface area contributed by atoms with Gasteiger partial charge in [0.05, 0.1) is 11.4 Å². The third-order valence-corrected chi connectivity index (χ3v) is 20.2. The minimum absolute atomic E-state index is 0.00966. The Kier molecular flexibility index (Phi) is 11.6. The van der Waals surface area contributed by atoms with Crippen molar-refractivity contribution in [3.05, 3.63) is 303 Å². The third-order valence-electron chi connectivity index (χ3n) is 17.9. The molecule has 18 rings (SSSR count). The lowest BCUT2D eigenvalue weighted by Crippen LogP contribution is -2.64. The molecule has 5 nitrogen and oxygen atoms in total. The first-order valence-electron chi connectivity index (χ1n) is 29.7. The van der Waals surface area contributed by atoms with E-state index in [0.717, 1.165) is 95.6 Å². The average molecular weight is 1150 g/mol. The van der Waals surface area contributed by atoms with Crippen LogP contribution in [0.25, 0.3) is 33.1 Å². The number of fused-ring (bicyclic) bond motifs is 11. The second kappa shape index (κ2) is 20.2. The van der Waals surface area contributed by atoms with Crippen LogP contribution in [0.4, 0.5) is 68.2 Å². The highest BCUT2D eigenvalue weighted by molar-refractivity contribution is 8.01. The lowest BCUT2D eigenvalue weighted by atomic mass is 9.31. The molecule has 14 aromatic rings. The molecule has 0 N–H and O–H groups in total. The molecular formula is C78H50B2N4OS2. The van der Waals surface area contributed by atoms with Gasteiger partial charge in [-0.05, 0) is 137 Å². The van der Waals surface area contributed by atoms with Crippen molar-refractivity contribution in [3.63, 3.8) is 0 Å². The minimum atomic E-state index is -0.142. The number of anilines is 12. The fourth-order valence-corrected chi connectivity index (χ4v) is 16.8. The molecule has 0 fully saturated rings. The van der Waals surface area contributed by atoms with Crippen molar-refractivity contribution in [1.29, 1.82) is 0 Å². The van der Waals surface area contributed by atoms with Crippen LogP contribution in [0.2, 0.25) is 0 Å². The van der Waals surface area contributed by atoms with E-state index < -0.39 is 0 Å². The number of furan rings is 1. The third kappa shape index (κ3) is 7.93. The van der Waals surface area contributed by atoms with Crippen molar-refractivity contribution in [3.8, 4) is 11.1 Å². The van der Waals surface area contributed by atoms with Gasteiger partial charge in [-0.25, -0.2) is 0 Å². The standard InChI is InChI=1S/C78H50B2N4OS2/c1-6-25-51(26-7-1)81(52-27-8-2-9-28-52)56-45-69-76-70(46-56)84(66-41-20-16-35-58(66)60-37-24-38-61-59-36-17-22-43-71(59)85-78(60)61)68-50-73-65(49-64(68)79(76)62-39-18-21-42-67(62)83(69)55-33-14-5-15-34-55)80-63-40-19-23-44-72(63)86-74-47-57(48-75(87-73)77(74)80)82(53-29-10-3-11-30-53)54-31-12-4-13-32-54/h1-50H. The van der Waals surface area contributed by atoms with Gasteiger partial charge in [0.25, 0.3) is 6.71 Å². The fraction of sp³-hybridized carbons (Fsp3) is 0. The van der Waals surface area contributed by atoms with E-state index in [1.807, 2.05) is 23.5 Å². The van der Waals surface area contributed by atoms with E-state index in [4.69, 9.17) is 4.42 Å². The molecule has 0 aliphatic carbocycles. The summed E-state index contributed by atoms with van der Waals surface area (Å²) in [5.41, 5.74) is 25.0. The highest BCUT2D eigenvalue weighted by atomic mass is 32.2. The van der Waals surface area contributed by atoms with Crippen molar-refractivity contribution < 1.29 is 4.42 Å². The van der Waals surface area contributed by atoms with Gasteiger partial charge < -0.3 is 24.0 Å². The lowest BCUT2D eigenvalue weighted by molar-refractivity contribution is 0.670. The van der Waals surface area contributed by atoms with Crippen LogP contribution in [0.1, 0.15) is 0 Å². The molecule has 0 unspecified atom stereocenters. The van der Waals surface area contributed by atoms with Crippen LogP contribution < -0.4 is 52.4 Å². The Morgan fingerprint density at radius 1 is 0.287 bits per heavy atom. The maximum atomic E-state index is 6.95. The predicted molar refractivity (Wildman–Crippen MR) is 368 cm³/mol. The molecule has 4 aliphatic heterocycles. The SMILES string of the molecule is c1ccc(N(c2ccccc2)c2cc3c4c(c2)Sc2cc5c(cc2B4c2ccccc2S3)B2c3ccccc3N(c3ccccc3)c3cc(N(c4ccccc4)c4ccccc4)cc(c32)N5c2ccccc2-c2cccc3c2oc2ccccc23)cc1. The summed E-state index contributed by atoms with van der Waals surface area (Å²) in [6.07, 6.45) is 0. The smallest absolute Gasteiger partial charge is 0.252 e. The Morgan fingerprint density at radius 2 is 0.782 bits per heavy atom. The molecule has 4 aliphatic rings. The molecule has 0 saturated carbocycles. The molecule has 0 saturated heterocycles. The van der Waals surface area contributed by atoms with E-state index in [9.17, 15) is 0 Å². The van der Waals surface area contributed by atoms with Gasteiger partial charge in [-0.2, -0.15) is 0 Å². The number of benzene rings is 13. The summed E-state index contributed by atoms with van der Waals surface area (Å²) in [6.45, 7) is -0.152. The highest BCUT2D eigenvalue weighted by Gasteiger charge is 2.47. The van der Waals surface area contributed by atoms with Crippen LogP contribution in [0.3, 0.4) is 0 Å². The van der Waals surface area contributed by atoms with E-state index in [2.05, 4.69) is 323 Å². The number of rotatable bonds is 9. The van der Waals surface area contributed by atoms with E-state index in [-0.39, 0.29) is 13.4 Å². The van der Waals surface area contributed by atoms with Crippen LogP contribution in [0, 0.1) is 0 Å². The maximum absolute atomic E-state index is 6.95. The largest absolute Gasteiger partial charge is 0.455 e. The Bertz CT molecular complexity index is 4970. The zero-order valence-corrected chi connectivity index (χ0v) is 48.7. The molecule has 406 valence electrons. The van der Waals surface area contributed by atoms with Gasteiger partial charge in [-0.1, -0.05) is 223 Å². The van der Waals surface area contributed by atoms with Crippen molar-refractivity contribution in [2.75, 3.05) is 19.6 Å². The first-order chi connectivity index (χ1) is 43.2. The van der Waals surface area contributed by atoms with Crippen LogP contribution in [0.15, 0.2) is 327 Å². The van der Waals surface area contributed by atoms with Crippen molar-refractivity contribution in [2.24, 2.45) is 0 Å². The normalized spacial score (nSPS) is 13.1. The van der Waals surface area contributed by atoms with Gasteiger partial charge in [-0.15, -0.1) is 0 Å². The summed E-state index contributed by atoms with van der Waals surface area (Å²) in [4.78, 5) is 15.1. The van der Waals surface area contributed by atoms with E-state index in [1.165, 1.54) is 58.0 Å². The molecule has 5 heterocycles. The van der Waals surface area contributed by atoms with E-state index in [0.29, 0.717) is 0 Å². The van der Waals surface area contributed by atoms with Gasteiger partial charge >= 0.3 is 0 Å². The molecule has 9 heteroatoms. The van der Waals surface area contributed by atoms with Gasteiger partial charge in [0.15, 0.2) is 0 Å².